The van der Waals surface area contributed by atoms with Crippen molar-refractivity contribution in [3.05, 3.63) is 0 Å². The third-order valence-electron chi connectivity index (χ3n) is 2.22. The minimum absolute atomic E-state index is 0. The number of ether oxygens (including phenoxy) is 1. The lowest BCUT2D eigenvalue weighted by Crippen LogP contribution is -2.44. The average Bonchev–Trinajstić information content (AvgIpc) is 2.64. The molecular weight excluding hydrogens is 309 g/mol. The SMILES string of the molecule is CCC(COC)NC1=NCCN1OC.I. The standard InChI is InChI=1S/C9H19N3O2.HI/c1-4-8(7-13-2)11-9-10-5-6-12(9)14-3;/h8H,4-7H2,1-3H3,(H,10,11);1H. The Hall–Kier alpha value is -0.0800. The first-order chi connectivity index (χ1) is 6.81. The van der Waals surface area contributed by atoms with Gasteiger partial charge in [0.2, 0.25) is 5.96 Å². The Kier molecular flexibility index (Phi) is 8.07. The number of guanidine groups is 1. The summed E-state index contributed by atoms with van der Waals surface area (Å²) in [5.74, 6) is 0.816. The summed E-state index contributed by atoms with van der Waals surface area (Å²) < 4.78 is 5.10. The number of aliphatic imine (C=N–C) groups is 1. The van der Waals surface area contributed by atoms with Crippen LogP contribution in [-0.2, 0) is 9.57 Å². The molecule has 1 heterocycles. The fourth-order valence-electron chi connectivity index (χ4n) is 1.37. The second kappa shape index (κ2) is 8.12. The third kappa shape index (κ3) is 4.52. The predicted molar refractivity (Wildman–Crippen MR) is 70.5 cm³/mol. The lowest BCUT2D eigenvalue weighted by molar-refractivity contribution is -0.0590. The number of rotatable bonds is 5. The number of halogens is 1. The van der Waals surface area contributed by atoms with E-state index in [0.29, 0.717) is 12.6 Å². The fourth-order valence-corrected chi connectivity index (χ4v) is 1.37. The molecule has 1 rings (SSSR count). The van der Waals surface area contributed by atoms with E-state index >= 15 is 0 Å². The molecule has 0 aromatic rings. The molecule has 6 heteroatoms. The van der Waals surface area contributed by atoms with Crippen molar-refractivity contribution in [3.63, 3.8) is 0 Å². The van der Waals surface area contributed by atoms with Gasteiger partial charge in [0.25, 0.3) is 0 Å². The summed E-state index contributed by atoms with van der Waals surface area (Å²) in [4.78, 5) is 9.46. The van der Waals surface area contributed by atoms with Crippen LogP contribution in [0.3, 0.4) is 0 Å². The predicted octanol–water partition coefficient (Wildman–Crippen LogP) is 0.852. The van der Waals surface area contributed by atoms with Gasteiger partial charge < -0.3 is 10.1 Å². The van der Waals surface area contributed by atoms with Crippen LogP contribution in [0.5, 0.6) is 0 Å². The Bertz CT molecular complexity index is 202. The van der Waals surface area contributed by atoms with Crippen LogP contribution in [0, 0.1) is 0 Å². The molecule has 1 N–H and O–H groups in total. The maximum Gasteiger partial charge on any atom is 0.218 e. The minimum atomic E-state index is 0. The number of hydroxylamine groups is 2. The molecule has 0 spiro atoms. The van der Waals surface area contributed by atoms with Crippen molar-refractivity contribution in [2.75, 3.05) is 33.9 Å². The maximum atomic E-state index is 5.15. The molecule has 0 saturated carbocycles. The highest BCUT2D eigenvalue weighted by molar-refractivity contribution is 14.0. The van der Waals surface area contributed by atoms with E-state index in [9.17, 15) is 0 Å². The van der Waals surface area contributed by atoms with E-state index in [4.69, 9.17) is 9.57 Å². The van der Waals surface area contributed by atoms with Crippen molar-refractivity contribution in [1.82, 2.24) is 10.4 Å². The first kappa shape index (κ1) is 14.9. The third-order valence-corrected chi connectivity index (χ3v) is 2.22. The smallest absolute Gasteiger partial charge is 0.218 e. The Morgan fingerprint density at radius 2 is 2.27 bits per heavy atom. The normalized spacial score (nSPS) is 17.0. The van der Waals surface area contributed by atoms with E-state index in [0.717, 1.165) is 25.5 Å². The van der Waals surface area contributed by atoms with Crippen LogP contribution in [0.4, 0.5) is 0 Å². The number of hydrogen-bond acceptors (Lipinski definition) is 5. The highest BCUT2D eigenvalue weighted by atomic mass is 127. The molecule has 1 unspecified atom stereocenters. The molecule has 0 aliphatic carbocycles. The van der Waals surface area contributed by atoms with Gasteiger partial charge in [-0.15, -0.1) is 24.0 Å². The number of nitrogens with zero attached hydrogens (tertiary/aromatic N) is 2. The maximum absolute atomic E-state index is 5.15. The van der Waals surface area contributed by atoms with Crippen molar-refractivity contribution < 1.29 is 9.57 Å². The molecule has 90 valence electrons. The van der Waals surface area contributed by atoms with Gasteiger partial charge >= 0.3 is 0 Å². The Labute approximate surface area is 108 Å². The molecule has 0 aromatic carbocycles. The van der Waals surface area contributed by atoms with Crippen LogP contribution in [0.1, 0.15) is 13.3 Å². The zero-order valence-electron chi connectivity index (χ0n) is 9.52. The van der Waals surface area contributed by atoms with Crippen molar-refractivity contribution in [2.24, 2.45) is 4.99 Å². The van der Waals surface area contributed by atoms with Gasteiger partial charge in [-0.25, -0.2) is 10.1 Å². The molecule has 0 fully saturated rings. The van der Waals surface area contributed by atoms with Crippen LogP contribution in [0.2, 0.25) is 0 Å². The number of hydrogen-bond donors (Lipinski definition) is 1. The Morgan fingerprint density at radius 3 is 2.80 bits per heavy atom. The summed E-state index contributed by atoms with van der Waals surface area (Å²) in [5, 5.41) is 5.06. The summed E-state index contributed by atoms with van der Waals surface area (Å²) in [6.07, 6.45) is 1.00. The van der Waals surface area contributed by atoms with Gasteiger partial charge in [0.15, 0.2) is 0 Å². The fraction of sp³-hybridized carbons (Fsp3) is 0.889. The van der Waals surface area contributed by atoms with Crippen molar-refractivity contribution in [2.45, 2.75) is 19.4 Å². The quantitative estimate of drug-likeness (QED) is 0.760. The van der Waals surface area contributed by atoms with Crippen LogP contribution in [0.15, 0.2) is 4.99 Å². The van der Waals surface area contributed by atoms with Gasteiger partial charge in [-0.3, -0.25) is 4.84 Å². The van der Waals surface area contributed by atoms with Crippen molar-refractivity contribution >= 4 is 29.9 Å². The van der Waals surface area contributed by atoms with Crippen LogP contribution < -0.4 is 5.32 Å². The molecule has 0 aromatic heterocycles. The first-order valence-corrected chi connectivity index (χ1v) is 4.93. The molecule has 0 amide bonds. The van der Waals surface area contributed by atoms with Gasteiger partial charge in [-0.1, -0.05) is 6.92 Å². The lowest BCUT2D eigenvalue weighted by atomic mass is 10.2. The van der Waals surface area contributed by atoms with Crippen LogP contribution in [-0.4, -0.2) is 51.0 Å². The summed E-state index contributed by atoms with van der Waals surface area (Å²) in [7, 11) is 3.36. The van der Waals surface area contributed by atoms with E-state index in [1.807, 2.05) is 0 Å². The molecule has 1 aliphatic heterocycles. The van der Waals surface area contributed by atoms with E-state index in [1.54, 1.807) is 19.3 Å². The molecule has 1 atom stereocenters. The largest absolute Gasteiger partial charge is 0.383 e. The molecule has 5 nitrogen and oxygen atoms in total. The van der Waals surface area contributed by atoms with Crippen molar-refractivity contribution in [1.29, 1.82) is 0 Å². The molecular formula is C9H20IN3O2. The molecule has 1 aliphatic rings. The van der Waals surface area contributed by atoms with Crippen LogP contribution in [0.25, 0.3) is 0 Å². The van der Waals surface area contributed by atoms with Gasteiger partial charge in [0.05, 0.1) is 32.8 Å². The van der Waals surface area contributed by atoms with Gasteiger partial charge in [-0.05, 0) is 6.42 Å². The summed E-state index contributed by atoms with van der Waals surface area (Å²) >= 11 is 0. The Balaban J connectivity index is 0.00000196. The summed E-state index contributed by atoms with van der Waals surface area (Å²) in [5.41, 5.74) is 0. The molecule has 0 radical (unpaired) electrons. The second-order valence-corrected chi connectivity index (χ2v) is 3.19. The van der Waals surface area contributed by atoms with E-state index < -0.39 is 0 Å². The van der Waals surface area contributed by atoms with Crippen LogP contribution >= 0.6 is 24.0 Å². The first-order valence-electron chi connectivity index (χ1n) is 4.93. The highest BCUT2D eigenvalue weighted by Gasteiger charge is 2.18. The van der Waals surface area contributed by atoms with Gasteiger partial charge in [-0.2, -0.15) is 0 Å². The van der Waals surface area contributed by atoms with Gasteiger partial charge in [0, 0.05) is 7.11 Å². The highest BCUT2D eigenvalue weighted by Crippen LogP contribution is 2.01. The lowest BCUT2D eigenvalue weighted by Gasteiger charge is -2.22. The Morgan fingerprint density at radius 1 is 1.53 bits per heavy atom. The number of methoxy groups -OCH3 is 1. The second-order valence-electron chi connectivity index (χ2n) is 3.19. The zero-order chi connectivity index (χ0) is 10.4. The van der Waals surface area contributed by atoms with E-state index in [1.165, 1.54) is 0 Å². The topological polar surface area (TPSA) is 46.1 Å². The van der Waals surface area contributed by atoms with Gasteiger partial charge in [0.1, 0.15) is 0 Å². The number of nitrogens with one attached hydrogen (secondary N) is 1. The summed E-state index contributed by atoms with van der Waals surface area (Å²) in [6, 6.07) is 0.300. The van der Waals surface area contributed by atoms with Crippen molar-refractivity contribution in [3.8, 4) is 0 Å². The minimum Gasteiger partial charge on any atom is -0.383 e. The van der Waals surface area contributed by atoms with E-state index in [2.05, 4.69) is 17.2 Å². The summed E-state index contributed by atoms with van der Waals surface area (Å²) in [6.45, 7) is 4.41. The molecule has 15 heavy (non-hydrogen) atoms. The molecule has 0 bridgehead atoms. The average molecular weight is 329 g/mol. The monoisotopic (exact) mass is 329 g/mol. The zero-order valence-corrected chi connectivity index (χ0v) is 11.9. The molecule has 0 saturated heterocycles. The van der Waals surface area contributed by atoms with E-state index in [-0.39, 0.29) is 24.0 Å².